The minimum absolute atomic E-state index is 0.0571. The number of nitrogens with one attached hydrogen (secondary N) is 1. The third kappa shape index (κ3) is 3.64. The molecule has 0 aliphatic carbocycles. The van der Waals surface area contributed by atoms with Crippen molar-refractivity contribution >= 4 is 10.0 Å². The summed E-state index contributed by atoms with van der Waals surface area (Å²) in [5.41, 5.74) is 0. The van der Waals surface area contributed by atoms with E-state index in [1.165, 1.54) is 4.31 Å². The summed E-state index contributed by atoms with van der Waals surface area (Å²) in [7, 11) is -1.82. The summed E-state index contributed by atoms with van der Waals surface area (Å²) in [5, 5.41) is 3.49. The Labute approximate surface area is 127 Å². The molecular formula is C14H26N4O2S. The molecule has 0 spiro atoms. The second-order valence-electron chi connectivity index (χ2n) is 5.68. The quantitative estimate of drug-likeness (QED) is 0.891. The molecule has 1 atom stereocenters. The molecule has 0 bridgehead atoms. The second-order valence-corrected chi connectivity index (χ2v) is 7.62. The predicted molar refractivity (Wildman–Crippen MR) is 82.7 cm³/mol. The van der Waals surface area contributed by atoms with E-state index < -0.39 is 10.0 Å². The maximum Gasteiger partial charge on any atom is 0.262 e. The van der Waals surface area contributed by atoms with E-state index in [1.54, 1.807) is 13.2 Å². The summed E-state index contributed by atoms with van der Waals surface area (Å²) in [6.45, 7) is 6.55. The van der Waals surface area contributed by atoms with Crippen molar-refractivity contribution in [1.82, 2.24) is 19.2 Å². The van der Waals surface area contributed by atoms with Crippen LogP contribution in [-0.2, 0) is 16.6 Å². The average Bonchev–Trinajstić information content (AvgIpc) is 2.68. The van der Waals surface area contributed by atoms with Crippen LogP contribution >= 0.6 is 0 Å². The molecular weight excluding hydrogens is 288 g/mol. The highest BCUT2D eigenvalue weighted by Gasteiger charge is 2.30. The first-order valence-corrected chi connectivity index (χ1v) is 9.13. The van der Waals surface area contributed by atoms with Crippen LogP contribution in [0.25, 0.3) is 0 Å². The summed E-state index contributed by atoms with van der Waals surface area (Å²) < 4.78 is 28.9. The summed E-state index contributed by atoms with van der Waals surface area (Å²) in [4.78, 5) is 4.26. The number of sulfonamides is 1. The van der Waals surface area contributed by atoms with Crippen molar-refractivity contribution in [3.8, 4) is 0 Å². The van der Waals surface area contributed by atoms with Crippen molar-refractivity contribution in [3.63, 3.8) is 0 Å². The van der Waals surface area contributed by atoms with Gasteiger partial charge in [0.25, 0.3) is 10.0 Å². The summed E-state index contributed by atoms with van der Waals surface area (Å²) in [5.74, 6) is 0.756. The van der Waals surface area contributed by atoms with Crippen LogP contribution in [0.2, 0.25) is 0 Å². The van der Waals surface area contributed by atoms with E-state index in [0.717, 1.165) is 51.1 Å². The first-order chi connectivity index (χ1) is 9.96. The van der Waals surface area contributed by atoms with Gasteiger partial charge >= 0.3 is 0 Å². The van der Waals surface area contributed by atoms with Gasteiger partial charge in [0.2, 0.25) is 0 Å². The van der Waals surface area contributed by atoms with E-state index in [4.69, 9.17) is 0 Å². The molecule has 120 valence electrons. The number of nitrogens with zero attached hydrogens (tertiary/aromatic N) is 3. The molecule has 0 radical (unpaired) electrons. The van der Waals surface area contributed by atoms with Gasteiger partial charge in [0.1, 0.15) is 5.82 Å². The Morgan fingerprint density at radius 2 is 2.19 bits per heavy atom. The van der Waals surface area contributed by atoms with Crippen LogP contribution in [0, 0.1) is 6.92 Å². The Kier molecular flexibility index (Phi) is 5.40. The van der Waals surface area contributed by atoms with E-state index in [2.05, 4.69) is 17.2 Å². The fourth-order valence-corrected chi connectivity index (χ4v) is 4.19. The zero-order valence-electron chi connectivity index (χ0n) is 13.2. The van der Waals surface area contributed by atoms with Gasteiger partial charge in [0, 0.05) is 25.8 Å². The third-order valence-electron chi connectivity index (χ3n) is 4.12. The molecule has 0 amide bonds. The van der Waals surface area contributed by atoms with Gasteiger partial charge in [-0.25, -0.2) is 13.4 Å². The zero-order chi connectivity index (χ0) is 15.5. The molecule has 0 saturated carbocycles. The topological polar surface area (TPSA) is 67.2 Å². The fourth-order valence-electron chi connectivity index (χ4n) is 2.78. The molecule has 1 aromatic rings. The Morgan fingerprint density at radius 1 is 1.43 bits per heavy atom. The molecule has 1 aliphatic heterocycles. The van der Waals surface area contributed by atoms with Gasteiger partial charge in [-0.15, -0.1) is 0 Å². The van der Waals surface area contributed by atoms with Gasteiger partial charge in [-0.1, -0.05) is 6.92 Å². The van der Waals surface area contributed by atoms with Gasteiger partial charge in [0.05, 0.1) is 0 Å². The number of imidazole rings is 1. The maximum absolute atomic E-state index is 12.7. The van der Waals surface area contributed by atoms with Gasteiger partial charge < -0.3 is 9.88 Å². The average molecular weight is 314 g/mol. The van der Waals surface area contributed by atoms with Crippen molar-refractivity contribution < 1.29 is 8.42 Å². The third-order valence-corrected chi connectivity index (χ3v) is 5.90. The molecule has 1 unspecified atom stereocenters. The smallest absolute Gasteiger partial charge is 0.262 e. The SMILES string of the molecule is CCCn1cc(S(=O)(=O)N(C)C2CCCNCC2)nc1C. The monoisotopic (exact) mass is 314 g/mol. The molecule has 1 saturated heterocycles. The zero-order valence-corrected chi connectivity index (χ0v) is 14.0. The Bertz CT molecular complexity index is 560. The van der Waals surface area contributed by atoms with E-state index >= 15 is 0 Å². The van der Waals surface area contributed by atoms with Crippen molar-refractivity contribution in [2.75, 3.05) is 20.1 Å². The Balaban J connectivity index is 2.21. The van der Waals surface area contributed by atoms with E-state index in [-0.39, 0.29) is 11.1 Å². The number of hydrogen-bond acceptors (Lipinski definition) is 4. The number of aryl methyl sites for hydroxylation is 2. The lowest BCUT2D eigenvalue weighted by molar-refractivity contribution is 0.340. The number of hydrogen-bond donors (Lipinski definition) is 1. The molecule has 2 rings (SSSR count). The second kappa shape index (κ2) is 6.89. The summed E-state index contributed by atoms with van der Waals surface area (Å²) >= 11 is 0. The molecule has 1 aliphatic rings. The van der Waals surface area contributed by atoms with Gasteiger partial charge in [-0.2, -0.15) is 4.31 Å². The van der Waals surface area contributed by atoms with Crippen LogP contribution in [0.1, 0.15) is 38.4 Å². The molecule has 0 aromatic carbocycles. The molecule has 7 heteroatoms. The fraction of sp³-hybridized carbons (Fsp3) is 0.786. The summed E-state index contributed by atoms with van der Waals surface area (Å²) in [6, 6.07) is 0.0571. The van der Waals surface area contributed by atoms with Gasteiger partial charge in [-0.3, -0.25) is 0 Å². The highest BCUT2D eigenvalue weighted by atomic mass is 32.2. The highest BCUT2D eigenvalue weighted by Crippen LogP contribution is 2.21. The van der Waals surface area contributed by atoms with Crippen LogP contribution in [-0.4, -0.2) is 48.5 Å². The lowest BCUT2D eigenvalue weighted by Gasteiger charge is -2.25. The molecule has 1 N–H and O–H groups in total. The van der Waals surface area contributed by atoms with Crippen LogP contribution in [0.4, 0.5) is 0 Å². The normalized spacial score (nSPS) is 20.7. The Hall–Kier alpha value is -0.920. The largest absolute Gasteiger partial charge is 0.334 e. The molecule has 2 heterocycles. The highest BCUT2D eigenvalue weighted by molar-refractivity contribution is 7.89. The molecule has 6 nitrogen and oxygen atoms in total. The number of aromatic nitrogens is 2. The minimum atomic E-state index is -3.50. The maximum atomic E-state index is 12.7. The standard InChI is InChI=1S/C14H26N4O2S/c1-4-10-18-11-14(16-12(18)2)21(19,20)17(3)13-6-5-8-15-9-7-13/h11,13,15H,4-10H2,1-3H3. The van der Waals surface area contributed by atoms with Gasteiger partial charge in [0.15, 0.2) is 5.03 Å². The molecule has 1 fully saturated rings. The first-order valence-electron chi connectivity index (χ1n) is 7.69. The van der Waals surface area contributed by atoms with Crippen LogP contribution in [0.15, 0.2) is 11.2 Å². The number of rotatable bonds is 5. The van der Waals surface area contributed by atoms with Crippen LogP contribution in [0.3, 0.4) is 0 Å². The van der Waals surface area contributed by atoms with Crippen LogP contribution in [0.5, 0.6) is 0 Å². The predicted octanol–water partition coefficient (Wildman–Crippen LogP) is 1.36. The van der Waals surface area contributed by atoms with Gasteiger partial charge in [-0.05, 0) is 45.7 Å². The lowest BCUT2D eigenvalue weighted by atomic mass is 10.1. The summed E-state index contributed by atoms with van der Waals surface area (Å²) in [6.07, 6.45) is 5.38. The lowest BCUT2D eigenvalue weighted by Crippen LogP contribution is -2.37. The van der Waals surface area contributed by atoms with E-state index in [0.29, 0.717) is 0 Å². The van der Waals surface area contributed by atoms with Crippen molar-refractivity contribution in [2.24, 2.45) is 0 Å². The van der Waals surface area contributed by atoms with Crippen molar-refractivity contribution in [3.05, 3.63) is 12.0 Å². The molecule has 21 heavy (non-hydrogen) atoms. The first kappa shape index (κ1) is 16.5. The van der Waals surface area contributed by atoms with Crippen molar-refractivity contribution in [2.45, 2.75) is 57.1 Å². The van der Waals surface area contributed by atoms with E-state index in [9.17, 15) is 8.42 Å². The van der Waals surface area contributed by atoms with Crippen molar-refractivity contribution in [1.29, 1.82) is 0 Å². The Morgan fingerprint density at radius 3 is 2.90 bits per heavy atom. The minimum Gasteiger partial charge on any atom is -0.334 e. The molecule has 1 aromatic heterocycles. The van der Waals surface area contributed by atoms with Crippen LogP contribution < -0.4 is 5.32 Å². The van der Waals surface area contributed by atoms with E-state index in [1.807, 2.05) is 11.5 Å².